The minimum absolute atomic E-state index is 0.421. The van der Waals surface area contributed by atoms with Crippen LogP contribution in [0.1, 0.15) is 17.3 Å². The van der Waals surface area contributed by atoms with Crippen molar-refractivity contribution in [1.29, 1.82) is 0 Å². The molecule has 3 nitrogen and oxygen atoms in total. The van der Waals surface area contributed by atoms with Crippen LogP contribution in [0.25, 0.3) is 0 Å². The first-order valence-electron chi connectivity index (χ1n) is 5.58. The molecule has 1 atom stereocenters. The zero-order valence-corrected chi connectivity index (χ0v) is 9.59. The van der Waals surface area contributed by atoms with E-state index in [1.54, 1.807) is 0 Å². The van der Waals surface area contributed by atoms with Crippen LogP contribution in [0.5, 0.6) is 0 Å². The number of nitrogens with zero attached hydrogens (tertiary/aromatic N) is 3. The van der Waals surface area contributed by atoms with E-state index < -0.39 is 0 Å². The molecule has 3 heteroatoms. The minimum atomic E-state index is 0.421. The Morgan fingerprint density at radius 1 is 1.25 bits per heavy atom. The van der Waals surface area contributed by atoms with E-state index in [1.807, 2.05) is 6.92 Å². The van der Waals surface area contributed by atoms with Crippen LogP contribution in [0, 0.1) is 6.92 Å². The number of benzene rings is 1. The number of likely N-dealkylation sites (N-methyl/N-ethyl adjacent to an activating group) is 1. The van der Waals surface area contributed by atoms with E-state index in [2.05, 4.69) is 58.1 Å². The van der Waals surface area contributed by atoms with Gasteiger partial charge in [-0.1, -0.05) is 30.3 Å². The van der Waals surface area contributed by atoms with Gasteiger partial charge in [-0.3, -0.25) is 0 Å². The van der Waals surface area contributed by atoms with Crippen LogP contribution >= 0.6 is 0 Å². The summed E-state index contributed by atoms with van der Waals surface area (Å²) in [5, 5.41) is 4.49. The van der Waals surface area contributed by atoms with Crippen molar-refractivity contribution in [3.8, 4) is 0 Å². The van der Waals surface area contributed by atoms with Crippen molar-refractivity contribution < 1.29 is 0 Å². The number of aryl methyl sites for hydroxylation is 1. The summed E-state index contributed by atoms with van der Waals surface area (Å²) >= 11 is 0. The summed E-state index contributed by atoms with van der Waals surface area (Å²) in [6.07, 6.45) is 0. The van der Waals surface area contributed by atoms with Gasteiger partial charge >= 0.3 is 0 Å². The van der Waals surface area contributed by atoms with Crippen LogP contribution in [0.3, 0.4) is 0 Å². The molecule has 0 saturated carbocycles. The zero-order chi connectivity index (χ0) is 11.1. The molecule has 1 aromatic carbocycles. The summed E-state index contributed by atoms with van der Waals surface area (Å²) in [5.41, 5.74) is 2.45. The number of anilines is 1. The van der Waals surface area contributed by atoms with Gasteiger partial charge < -0.3 is 4.90 Å². The summed E-state index contributed by atoms with van der Waals surface area (Å²) < 4.78 is 2.09. The van der Waals surface area contributed by atoms with Crippen LogP contribution in [0.15, 0.2) is 36.4 Å². The van der Waals surface area contributed by atoms with Crippen molar-refractivity contribution in [2.24, 2.45) is 0 Å². The Bertz CT molecular complexity index is 501. The van der Waals surface area contributed by atoms with Crippen molar-refractivity contribution in [2.45, 2.75) is 19.5 Å². The third kappa shape index (κ3) is 1.32. The summed E-state index contributed by atoms with van der Waals surface area (Å²) in [5.74, 6) is 1.21. The lowest BCUT2D eigenvalue weighted by atomic mass is 10.1. The highest BCUT2D eigenvalue weighted by Crippen LogP contribution is 2.34. The number of hydrogen-bond donors (Lipinski definition) is 0. The van der Waals surface area contributed by atoms with Gasteiger partial charge in [-0.05, 0) is 12.5 Å². The van der Waals surface area contributed by atoms with Gasteiger partial charge in [0.15, 0.2) is 0 Å². The maximum absolute atomic E-state index is 4.49. The largest absolute Gasteiger partial charge is 0.351 e. The lowest BCUT2D eigenvalue weighted by Gasteiger charge is -2.20. The Morgan fingerprint density at radius 2 is 2.00 bits per heavy atom. The van der Waals surface area contributed by atoms with Crippen LogP contribution in [-0.4, -0.2) is 16.8 Å². The second-order valence-electron chi connectivity index (χ2n) is 4.36. The van der Waals surface area contributed by atoms with E-state index in [-0.39, 0.29) is 0 Å². The molecule has 0 bridgehead atoms. The lowest BCUT2D eigenvalue weighted by Crippen LogP contribution is -2.19. The van der Waals surface area contributed by atoms with E-state index in [0.717, 1.165) is 12.2 Å². The summed E-state index contributed by atoms with van der Waals surface area (Å²) in [6.45, 7) is 2.99. The number of hydrogen-bond acceptors (Lipinski definition) is 2. The molecule has 0 aliphatic carbocycles. The van der Waals surface area contributed by atoms with Crippen LogP contribution in [0.4, 0.5) is 5.82 Å². The van der Waals surface area contributed by atoms with Crippen molar-refractivity contribution >= 4 is 5.82 Å². The molecule has 1 aliphatic rings. The zero-order valence-electron chi connectivity index (χ0n) is 9.59. The van der Waals surface area contributed by atoms with E-state index in [0.29, 0.717) is 6.04 Å². The molecule has 0 fully saturated rings. The third-order valence-electron chi connectivity index (χ3n) is 3.24. The SMILES string of the molecule is Cc1cc2n(n1)CC(c1ccccc1)N2C. The molecular formula is C13H15N3. The normalized spacial score (nSPS) is 18.9. The first-order valence-corrected chi connectivity index (χ1v) is 5.58. The summed E-state index contributed by atoms with van der Waals surface area (Å²) in [6, 6.07) is 13.2. The summed E-state index contributed by atoms with van der Waals surface area (Å²) in [4.78, 5) is 2.30. The standard InChI is InChI=1S/C13H15N3/c1-10-8-13-15(2)12(9-16(13)14-10)11-6-4-3-5-7-11/h3-8,12H,9H2,1-2H3. The Kier molecular flexibility index (Phi) is 1.99. The Morgan fingerprint density at radius 3 is 2.69 bits per heavy atom. The predicted molar refractivity (Wildman–Crippen MR) is 64.6 cm³/mol. The molecule has 2 heterocycles. The van der Waals surface area contributed by atoms with E-state index in [1.165, 1.54) is 11.4 Å². The van der Waals surface area contributed by atoms with Crippen LogP contribution in [-0.2, 0) is 6.54 Å². The van der Waals surface area contributed by atoms with Gasteiger partial charge in [-0.2, -0.15) is 5.10 Å². The van der Waals surface area contributed by atoms with Crippen molar-refractivity contribution in [1.82, 2.24) is 9.78 Å². The van der Waals surface area contributed by atoms with Gasteiger partial charge in [-0.15, -0.1) is 0 Å². The second-order valence-corrected chi connectivity index (χ2v) is 4.36. The highest BCUT2D eigenvalue weighted by Gasteiger charge is 2.28. The fraction of sp³-hybridized carbons (Fsp3) is 0.308. The van der Waals surface area contributed by atoms with Gasteiger partial charge in [-0.25, -0.2) is 4.68 Å². The monoisotopic (exact) mass is 213 g/mol. The highest BCUT2D eigenvalue weighted by molar-refractivity contribution is 5.47. The molecule has 82 valence electrons. The van der Waals surface area contributed by atoms with E-state index in [4.69, 9.17) is 0 Å². The molecule has 1 unspecified atom stereocenters. The van der Waals surface area contributed by atoms with Gasteiger partial charge in [0.1, 0.15) is 5.82 Å². The fourth-order valence-electron chi connectivity index (χ4n) is 2.40. The van der Waals surface area contributed by atoms with Gasteiger partial charge in [0.2, 0.25) is 0 Å². The molecule has 2 aromatic rings. The molecule has 0 spiro atoms. The smallest absolute Gasteiger partial charge is 0.127 e. The average Bonchev–Trinajstić information content (AvgIpc) is 2.79. The Balaban J connectivity index is 1.96. The molecule has 0 N–H and O–H groups in total. The quantitative estimate of drug-likeness (QED) is 0.725. The van der Waals surface area contributed by atoms with Crippen molar-refractivity contribution in [3.63, 3.8) is 0 Å². The summed E-state index contributed by atoms with van der Waals surface area (Å²) in [7, 11) is 2.14. The lowest BCUT2D eigenvalue weighted by molar-refractivity contribution is 0.587. The maximum atomic E-state index is 4.49. The molecule has 0 amide bonds. The molecule has 3 rings (SSSR count). The molecule has 0 saturated heterocycles. The fourth-order valence-corrected chi connectivity index (χ4v) is 2.40. The van der Waals surface area contributed by atoms with Gasteiger partial charge in [0.05, 0.1) is 18.3 Å². The number of rotatable bonds is 1. The molecule has 0 radical (unpaired) electrons. The van der Waals surface area contributed by atoms with Gasteiger partial charge in [0.25, 0.3) is 0 Å². The maximum Gasteiger partial charge on any atom is 0.127 e. The average molecular weight is 213 g/mol. The molecule has 16 heavy (non-hydrogen) atoms. The Hall–Kier alpha value is -1.77. The molecule has 1 aromatic heterocycles. The van der Waals surface area contributed by atoms with E-state index >= 15 is 0 Å². The van der Waals surface area contributed by atoms with E-state index in [9.17, 15) is 0 Å². The minimum Gasteiger partial charge on any atom is -0.351 e. The second kappa shape index (κ2) is 3.37. The predicted octanol–water partition coefficient (Wildman–Crippen LogP) is 2.38. The first-order chi connectivity index (χ1) is 7.75. The first kappa shape index (κ1) is 9.46. The molecular weight excluding hydrogens is 198 g/mol. The van der Waals surface area contributed by atoms with Crippen LogP contribution < -0.4 is 4.90 Å². The Labute approximate surface area is 95.3 Å². The van der Waals surface area contributed by atoms with Crippen molar-refractivity contribution in [2.75, 3.05) is 11.9 Å². The van der Waals surface area contributed by atoms with Crippen LogP contribution in [0.2, 0.25) is 0 Å². The van der Waals surface area contributed by atoms with Gasteiger partial charge in [0, 0.05) is 13.1 Å². The molecule has 1 aliphatic heterocycles. The van der Waals surface area contributed by atoms with Crippen molar-refractivity contribution in [3.05, 3.63) is 47.7 Å². The highest BCUT2D eigenvalue weighted by atomic mass is 15.4. The third-order valence-corrected chi connectivity index (χ3v) is 3.24. The number of aromatic nitrogens is 2. The number of fused-ring (bicyclic) bond motifs is 1. The topological polar surface area (TPSA) is 21.1 Å².